The molecule has 0 N–H and O–H groups in total. The Morgan fingerprint density at radius 1 is 1.27 bits per heavy atom. The van der Waals surface area contributed by atoms with Crippen molar-refractivity contribution in [2.45, 2.75) is 39.5 Å². The monoisotopic (exact) mass is 299 g/mol. The lowest BCUT2D eigenvalue weighted by atomic mass is 9.73. The molecule has 0 spiro atoms. The first-order valence-corrected chi connectivity index (χ1v) is 8.49. The van der Waals surface area contributed by atoms with E-state index in [0.717, 1.165) is 11.1 Å². The number of hydrogen-bond donors (Lipinski definition) is 0. The molecule has 0 bridgehead atoms. The maximum Gasteiger partial charge on any atom is 0.225 e. The number of benzene rings is 1. The number of carbonyl (C=O) groups is 1. The van der Waals surface area contributed by atoms with E-state index in [1.165, 1.54) is 25.7 Å². The van der Waals surface area contributed by atoms with Crippen LogP contribution in [0.1, 0.15) is 45.1 Å². The van der Waals surface area contributed by atoms with Gasteiger partial charge < -0.3 is 4.90 Å². The Morgan fingerprint density at radius 2 is 1.91 bits per heavy atom. The van der Waals surface area contributed by atoms with Gasteiger partial charge in [-0.25, -0.2) is 0 Å². The summed E-state index contributed by atoms with van der Waals surface area (Å²) in [7, 11) is 1.90. The van der Waals surface area contributed by atoms with E-state index in [9.17, 15) is 4.79 Å². The Hall–Kier alpha value is -1.57. The first kappa shape index (κ1) is 16.8. The van der Waals surface area contributed by atoms with Crippen LogP contribution in [0, 0.1) is 17.8 Å². The minimum Gasteiger partial charge on any atom is -0.341 e. The third-order valence-corrected chi connectivity index (χ3v) is 5.20. The molecule has 0 saturated heterocycles. The maximum absolute atomic E-state index is 12.7. The van der Waals surface area contributed by atoms with Gasteiger partial charge in [0.15, 0.2) is 0 Å². The van der Waals surface area contributed by atoms with E-state index in [1.807, 2.05) is 42.3 Å². The molecule has 1 aliphatic rings. The van der Waals surface area contributed by atoms with Crippen molar-refractivity contribution < 1.29 is 4.79 Å². The molecule has 3 atom stereocenters. The van der Waals surface area contributed by atoms with Crippen molar-refractivity contribution in [3.05, 3.63) is 42.5 Å². The Balaban J connectivity index is 1.95. The number of likely N-dealkylation sites (N-methyl/N-ethyl adjacent to an activating group) is 1. The fraction of sp³-hybridized carbons (Fsp3) is 0.550. The lowest BCUT2D eigenvalue weighted by Crippen LogP contribution is -2.38. The van der Waals surface area contributed by atoms with Gasteiger partial charge in [-0.1, -0.05) is 70.0 Å². The van der Waals surface area contributed by atoms with Crippen LogP contribution in [0.5, 0.6) is 0 Å². The third kappa shape index (κ3) is 4.00. The fourth-order valence-electron chi connectivity index (χ4n) is 3.75. The van der Waals surface area contributed by atoms with Crippen molar-refractivity contribution in [2.75, 3.05) is 13.6 Å². The molecule has 1 saturated carbocycles. The molecule has 22 heavy (non-hydrogen) atoms. The topological polar surface area (TPSA) is 20.3 Å². The highest BCUT2D eigenvalue weighted by Gasteiger charge is 2.32. The molecule has 0 radical (unpaired) electrons. The molecule has 0 aliphatic heterocycles. The van der Waals surface area contributed by atoms with E-state index < -0.39 is 0 Å². The molecule has 2 nitrogen and oxygen atoms in total. The van der Waals surface area contributed by atoms with Gasteiger partial charge in [-0.3, -0.25) is 4.79 Å². The minimum atomic E-state index is 0.115. The molecule has 0 aromatic heterocycles. The molecule has 120 valence electrons. The number of rotatable bonds is 5. The zero-order chi connectivity index (χ0) is 16.1. The molecule has 1 amide bonds. The van der Waals surface area contributed by atoms with E-state index in [2.05, 4.69) is 20.4 Å². The van der Waals surface area contributed by atoms with Gasteiger partial charge in [0.25, 0.3) is 0 Å². The van der Waals surface area contributed by atoms with Crippen LogP contribution in [0.25, 0.3) is 5.57 Å². The van der Waals surface area contributed by atoms with Crippen LogP contribution in [0.3, 0.4) is 0 Å². The van der Waals surface area contributed by atoms with Gasteiger partial charge in [0.1, 0.15) is 0 Å². The highest BCUT2D eigenvalue weighted by molar-refractivity contribution is 5.80. The van der Waals surface area contributed by atoms with E-state index in [1.54, 1.807) is 0 Å². The van der Waals surface area contributed by atoms with Gasteiger partial charge in [0.2, 0.25) is 5.91 Å². The Kier molecular flexibility index (Phi) is 5.82. The van der Waals surface area contributed by atoms with Crippen LogP contribution in [-0.2, 0) is 4.79 Å². The number of hydrogen-bond acceptors (Lipinski definition) is 1. The van der Waals surface area contributed by atoms with E-state index >= 15 is 0 Å². The van der Waals surface area contributed by atoms with Gasteiger partial charge in [0, 0.05) is 19.5 Å². The lowest BCUT2D eigenvalue weighted by Gasteiger charge is -2.34. The molecule has 2 rings (SSSR count). The normalized spacial score (nSPS) is 22.9. The van der Waals surface area contributed by atoms with Crippen LogP contribution in [-0.4, -0.2) is 24.4 Å². The van der Waals surface area contributed by atoms with Gasteiger partial charge in [-0.15, -0.1) is 0 Å². The summed E-state index contributed by atoms with van der Waals surface area (Å²) in [6, 6.07) is 10.1. The van der Waals surface area contributed by atoms with Crippen molar-refractivity contribution in [1.29, 1.82) is 0 Å². The first-order valence-electron chi connectivity index (χ1n) is 8.49. The predicted molar refractivity (Wildman–Crippen MR) is 93.4 cm³/mol. The maximum atomic E-state index is 12.7. The highest BCUT2D eigenvalue weighted by atomic mass is 16.2. The van der Waals surface area contributed by atoms with Crippen LogP contribution >= 0.6 is 0 Å². The molecule has 3 unspecified atom stereocenters. The molecule has 0 heterocycles. The molecular weight excluding hydrogens is 270 g/mol. The average Bonchev–Trinajstić information content (AvgIpc) is 2.54. The average molecular weight is 299 g/mol. The van der Waals surface area contributed by atoms with Gasteiger partial charge >= 0.3 is 0 Å². The zero-order valence-corrected chi connectivity index (χ0v) is 14.2. The number of carbonyl (C=O) groups excluding carboxylic acids is 1. The van der Waals surface area contributed by atoms with Crippen molar-refractivity contribution >= 4 is 11.5 Å². The largest absolute Gasteiger partial charge is 0.341 e. The molecule has 1 aromatic carbocycles. The van der Waals surface area contributed by atoms with Crippen molar-refractivity contribution in [2.24, 2.45) is 17.8 Å². The highest BCUT2D eigenvalue weighted by Crippen LogP contribution is 2.35. The summed E-state index contributed by atoms with van der Waals surface area (Å²) in [5, 5.41) is 0. The Bertz CT molecular complexity index is 508. The van der Waals surface area contributed by atoms with Gasteiger partial charge in [-0.2, -0.15) is 0 Å². The van der Waals surface area contributed by atoms with Crippen LogP contribution in [0.4, 0.5) is 0 Å². The summed E-state index contributed by atoms with van der Waals surface area (Å²) < 4.78 is 0. The summed E-state index contributed by atoms with van der Waals surface area (Å²) in [6.07, 6.45) is 5.05. The van der Waals surface area contributed by atoms with E-state index in [0.29, 0.717) is 18.4 Å². The quantitative estimate of drug-likeness (QED) is 0.777. The Morgan fingerprint density at radius 3 is 2.55 bits per heavy atom. The predicted octanol–water partition coefficient (Wildman–Crippen LogP) is 4.62. The summed E-state index contributed by atoms with van der Waals surface area (Å²) in [4.78, 5) is 14.6. The zero-order valence-electron chi connectivity index (χ0n) is 14.2. The second-order valence-electron chi connectivity index (χ2n) is 6.88. The molecule has 2 heteroatoms. The number of nitrogens with zero attached hydrogens (tertiary/aromatic N) is 1. The van der Waals surface area contributed by atoms with Crippen molar-refractivity contribution in [3.8, 4) is 0 Å². The van der Waals surface area contributed by atoms with Gasteiger partial charge in [-0.05, 0) is 29.4 Å². The Labute approximate surface area is 135 Å². The van der Waals surface area contributed by atoms with Gasteiger partial charge in [0.05, 0.1) is 0 Å². The second kappa shape index (κ2) is 7.62. The summed E-state index contributed by atoms with van der Waals surface area (Å²) in [5.74, 6) is 1.58. The van der Waals surface area contributed by atoms with E-state index in [4.69, 9.17) is 0 Å². The molecule has 1 fully saturated rings. The van der Waals surface area contributed by atoms with Crippen molar-refractivity contribution in [3.63, 3.8) is 0 Å². The lowest BCUT2D eigenvalue weighted by molar-refractivity contribution is -0.135. The first-order chi connectivity index (χ1) is 10.5. The van der Waals surface area contributed by atoms with E-state index in [-0.39, 0.29) is 11.8 Å². The summed E-state index contributed by atoms with van der Waals surface area (Å²) in [6.45, 7) is 9.16. The van der Waals surface area contributed by atoms with Crippen molar-refractivity contribution in [1.82, 2.24) is 4.90 Å². The van der Waals surface area contributed by atoms with Crippen LogP contribution in [0.2, 0.25) is 0 Å². The summed E-state index contributed by atoms with van der Waals surface area (Å²) in [5.41, 5.74) is 2.11. The smallest absolute Gasteiger partial charge is 0.225 e. The molecule has 1 aliphatic carbocycles. The third-order valence-electron chi connectivity index (χ3n) is 5.20. The second-order valence-corrected chi connectivity index (χ2v) is 6.88. The molecule has 1 aromatic rings. The standard InChI is InChI=1S/C20H29NO/c1-15-10-8-9-13-19(15)17(3)20(22)21(4)14-16(2)18-11-6-5-7-12-18/h5-7,11-12,15,17,19H,2,8-10,13-14H2,1,3-4H3. The number of amides is 1. The van der Waals surface area contributed by atoms with Crippen LogP contribution < -0.4 is 0 Å². The summed E-state index contributed by atoms with van der Waals surface area (Å²) >= 11 is 0. The minimum absolute atomic E-state index is 0.115. The van der Waals surface area contributed by atoms with Crippen LogP contribution in [0.15, 0.2) is 36.9 Å². The fourth-order valence-corrected chi connectivity index (χ4v) is 3.75. The SMILES string of the molecule is C=C(CN(C)C(=O)C(C)C1CCCCC1C)c1ccccc1. The molecular formula is C20H29NO.